The summed E-state index contributed by atoms with van der Waals surface area (Å²) < 4.78 is 0. The first-order valence-corrected chi connectivity index (χ1v) is 10.2. The third-order valence-corrected chi connectivity index (χ3v) is 5.25. The Hall–Kier alpha value is -2.02. The van der Waals surface area contributed by atoms with E-state index in [1.807, 2.05) is 12.2 Å². The molecule has 1 aliphatic carbocycles. The van der Waals surface area contributed by atoms with E-state index in [4.69, 9.17) is 5.11 Å². The number of allylic oxidation sites excluding steroid dienone is 3. The first kappa shape index (κ1) is 24.0. The molecule has 1 saturated carbocycles. The number of hydrogen-bond acceptors (Lipinski definition) is 5. The summed E-state index contributed by atoms with van der Waals surface area (Å²) in [5, 5.41) is 29.7. The second-order valence-electron chi connectivity index (χ2n) is 7.57. The highest BCUT2D eigenvalue weighted by molar-refractivity contribution is 5.84. The Kier molecular flexibility index (Phi) is 11.3. The maximum Gasteiger partial charge on any atom is 0.303 e. The summed E-state index contributed by atoms with van der Waals surface area (Å²) in [5.74, 6) is -1.71. The van der Waals surface area contributed by atoms with Crippen LogP contribution in [0.3, 0.4) is 0 Å². The van der Waals surface area contributed by atoms with Gasteiger partial charge in [-0.3, -0.25) is 19.7 Å². The highest BCUT2D eigenvalue weighted by Gasteiger charge is 2.42. The van der Waals surface area contributed by atoms with Crippen molar-refractivity contribution < 1.29 is 24.7 Å². The fraction of sp³-hybridized carbons (Fsp3) is 0.714. The van der Waals surface area contributed by atoms with Gasteiger partial charge in [-0.1, -0.05) is 50.5 Å². The molecule has 0 spiro atoms. The molecule has 0 heterocycles. The van der Waals surface area contributed by atoms with Gasteiger partial charge in [-0.05, 0) is 31.6 Å². The molecule has 0 bridgehead atoms. The van der Waals surface area contributed by atoms with Crippen molar-refractivity contribution in [3.05, 3.63) is 34.4 Å². The van der Waals surface area contributed by atoms with Crippen molar-refractivity contribution in [3.63, 3.8) is 0 Å². The largest absolute Gasteiger partial charge is 0.481 e. The van der Waals surface area contributed by atoms with Crippen LogP contribution in [0.4, 0.5) is 0 Å². The molecule has 158 valence electrons. The van der Waals surface area contributed by atoms with Crippen LogP contribution in [0, 0.1) is 27.9 Å². The summed E-state index contributed by atoms with van der Waals surface area (Å²) in [4.78, 5) is 33.5. The zero-order valence-electron chi connectivity index (χ0n) is 16.7. The van der Waals surface area contributed by atoms with Crippen LogP contribution in [0.15, 0.2) is 24.3 Å². The Labute approximate surface area is 166 Å². The lowest BCUT2D eigenvalue weighted by atomic mass is 9.86. The monoisotopic (exact) mass is 395 g/mol. The Morgan fingerprint density at radius 2 is 2.07 bits per heavy atom. The Morgan fingerprint density at radius 3 is 2.71 bits per heavy atom. The highest BCUT2D eigenvalue weighted by atomic mass is 16.6. The van der Waals surface area contributed by atoms with Gasteiger partial charge in [0.05, 0.1) is 6.10 Å². The summed E-state index contributed by atoms with van der Waals surface area (Å²) >= 11 is 0. The molecule has 1 rings (SSSR count). The molecule has 2 N–H and O–H groups in total. The summed E-state index contributed by atoms with van der Waals surface area (Å²) in [6.45, 7) is 1.85. The Balaban J connectivity index is 2.69. The minimum Gasteiger partial charge on any atom is -0.481 e. The normalized spacial score (nSPS) is 23.6. The molecular formula is C21H33NO6. The number of ketones is 1. The van der Waals surface area contributed by atoms with Crippen molar-refractivity contribution in [2.24, 2.45) is 17.8 Å². The molecule has 0 aromatic rings. The molecule has 4 unspecified atom stereocenters. The summed E-state index contributed by atoms with van der Waals surface area (Å²) in [6, 6.07) is 0. The first-order valence-electron chi connectivity index (χ1n) is 10.2. The van der Waals surface area contributed by atoms with Gasteiger partial charge < -0.3 is 10.2 Å². The van der Waals surface area contributed by atoms with Gasteiger partial charge in [0.15, 0.2) is 0 Å². The average Bonchev–Trinajstić information content (AvgIpc) is 2.90. The van der Waals surface area contributed by atoms with Gasteiger partial charge in [0.1, 0.15) is 5.78 Å². The Morgan fingerprint density at radius 1 is 1.32 bits per heavy atom. The number of aliphatic hydroxyl groups is 1. The molecule has 1 fully saturated rings. The number of aliphatic carboxylic acids is 1. The number of carboxylic acid groups (broad SMARTS) is 1. The SMILES string of the molecule is CCCCCC(O)/C=C/C1C(C[N+](=O)[O-])CC(=O)C1C/C=C/CCCC(=O)O. The number of carbonyl (C=O) groups excluding carboxylic acids is 1. The molecule has 0 radical (unpaired) electrons. The van der Waals surface area contributed by atoms with Gasteiger partial charge in [-0.25, -0.2) is 0 Å². The van der Waals surface area contributed by atoms with Crippen LogP contribution in [-0.2, 0) is 9.59 Å². The lowest BCUT2D eigenvalue weighted by molar-refractivity contribution is -0.489. The second kappa shape index (κ2) is 13.2. The number of aliphatic hydroxyl groups excluding tert-OH is 1. The van der Waals surface area contributed by atoms with Crippen molar-refractivity contribution >= 4 is 11.8 Å². The van der Waals surface area contributed by atoms with Crippen LogP contribution in [-0.4, -0.2) is 39.5 Å². The van der Waals surface area contributed by atoms with E-state index in [1.54, 1.807) is 12.2 Å². The van der Waals surface area contributed by atoms with Gasteiger partial charge in [0, 0.05) is 29.6 Å². The summed E-state index contributed by atoms with van der Waals surface area (Å²) in [5.41, 5.74) is 0. The third-order valence-electron chi connectivity index (χ3n) is 5.25. The van der Waals surface area contributed by atoms with E-state index >= 15 is 0 Å². The second-order valence-corrected chi connectivity index (χ2v) is 7.57. The number of hydrogen-bond donors (Lipinski definition) is 2. The van der Waals surface area contributed by atoms with Crippen LogP contribution in [0.25, 0.3) is 0 Å². The predicted molar refractivity (Wildman–Crippen MR) is 106 cm³/mol. The zero-order valence-corrected chi connectivity index (χ0v) is 16.7. The first-order chi connectivity index (χ1) is 13.3. The predicted octanol–water partition coefficient (Wildman–Crippen LogP) is 3.78. The number of nitrogens with zero attached hydrogens (tertiary/aromatic N) is 1. The third kappa shape index (κ3) is 9.26. The standard InChI is InChI=1S/C21H33NO6/c1-2-3-6-9-17(23)12-13-18-16(15-22(27)28)14-20(24)19(18)10-7-4-5-8-11-21(25)26/h4,7,12-13,16-19,23H,2-3,5-6,8-11,14-15H2,1H3,(H,25,26)/b7-4+,13-12+. The van der Waals surface area contributed by atoms with Crippen LogP contribution in [0.5, 0.6) is 0 Å². The number of carbonyl (C=O) groups is 2. The number of unbranched alkanes of at least 4 members (excludes halogenated alkanes) is 3. The van der Waals surface area contributed by atoms with Crippen molar-refractivity contribution in [1.82, 2.24) is 0 Å². The fourth-order valence-corrected chi connectivity index (χ4v) is 3.73. The van der Waals surface area contributed by atoms with Gasteiger partial charge in [-0.2, -0.15) is 0 Å². The van der Waals surface area contributed by atoms with Crippen molar-refractivity contribution in [2.45, 2.75) is 70.8 Å². The molecule has 0 aromatic carbocycles. The molecule has 7 heteroatoms. The minimum atomic E-state index is -0.829. The van der Waals surface area contributed by atoms with E-state index in [2.05, 4.69) is 6.92 Å². The molecule has 1 aliphatic rings. The van der Waals surface area contributed by atoms with E-state index in [-0.39, 0.29) is 47.8 Å². The number of carboxylic acids is 1. The van der Waals surface area contributed by atoms with E-state index in [0.717, 1.165) is 19.3 Å². The molecule has 0 aliphatic heterocycles. The molecule has 28 heavy (non-hydrogen) atoms. The quantitative estimate of drug-likeness (QED) is 0.200. The topological polar surface area (TPSA) is 118 Å². The van der Waals surface area contributed by atoms with E-state index in [9.17, 15) is 24.8 Å². The van der Waals surface area contributed by atoms with Crippen molar-refractivity contribution in [3.8, 4) is 0 Å². The molecule has 4 atom stereocenters. The van der Waals surface area contributed by atoms with E-state index < -0.39 is 12.1 Å². The molecule has 0 saturated heterocycles. The van der Waals surface area contributed by atoms with Crippen molar-refractivity contribution in [2.75, 3.05) is 6.54 Å². The maximum absolute atomic E-state index is 12.4. The number of nitro groups is 1. The Bertz CT molecular complexity index is 571. The minimum absolute atomic E-state index is 0.0251. The maximum atomic E-state index is 12.4. The molecular weight excluding hydrogens is 362 g/mol. The van der Waals surface area contributed by atoms with Crippen LogP contribution >= 0.6 is 0 Å². The number of rotatable bonds is 14. The molecule has 7 nitrogen and oxygen atoms in total. The van der Waals surface area contributed by atoms with Gasteiger partial charge >= 0.3 is 5.97 Å². The average molecular weight is 395 g/mol. The van der Waals surface area contributed by atoms with Gasteiger partial charge in [-0.15, -0.1) is 0 Å². The van der Waals surface area contributed by atoms with Crippen LogP contribution in [0.1, 0.15) is 64.7 Å². The smallest absolute Gasteiger partial charge is 0.303 e. The van der Waals surface area contributed by atoms with Gasteiger partial charge in [0.2, 0.25) is 6.54 Å². The summed E-state index contributed by atoms with van der Waals surface area (Å²) in [7, 11) is 0. The zero-order chi connectivity index (χ0) is 20.9. The molecule has 0 amide bonds. The van der Waals surface area contributed by atoms with Crippen LogP contribution < -0.4 is 0 Å². The summed E-state index contributed by atoms with van der Waals surface area (Å²) in [6.07, 6.45) is 12.3. The van der Waals surface area contributed by atoms with Gasteiger partial charge in [0.25, 0.3) is 0 Å². The van der Waals surface area contributed by atoms with Crippen LogP contribution in [0.2, 0.25) is 0 Å². The highest BCUT2D eigenvalue weighted by Crippen LogP contribution is 2.38. The fourth-order valence-electron chi connectivity index (χ4n) is 3.73. The van der Waals surface area contributed by atoms with E-state index in [1.165, 1.54) is 0 Å². The number of Topliss-reactive ketones (excluding diaryl/α,β-unsaturated/α-hetero) is 1. The molecule has 0 aromatic heterocycles. The lowest BCUT2D eigenvalue weighted by Crippen LogP contribution is -2.21. The van der Waals surface area contributed by atoms with Crippen molar-refractivity contribution in [1.29, 1.82) is 0 Å². The van der Waals surface area contributed by atoms with E-state index in [0.29, 0.717) is 25.7 Å². The lowest BCUT2D eigenvalue weighted by Gasteiger charge is -2.18.